The lowest BCUT2D eigenvalue weighted by Gasteiger charge is -2.12. The van der Waals surface area contributed by atoms with E-state index in [1.807, 2.05) is 19.1 Å². The normalized spacial score (nSPS) is 15.7. The van der Waals surface area contributed by atoms with Crippen LogP contribution in [0.3, 0.4) is 0 Å². The molecule has 3 rings (SSSR count). The Hall–Kier alpha value is -1.54. The van der Waals surface area contributed by atoms with Crippen LogP contribution in [-0.2, 0) is 19.3 Å². The number of furan rings is 1. The predicted octanol–water partition coefficient (Wildman–Crippen LogP) is 3.41. The topological polar surface area (TPSA) is 33.4 Å². The Kier molecular flexibility index (Phi) is 2.96. The van der Waals surface area contributed by atoms with Gasteiger partial charge < -0.3 is 9.52 Å². The van der Waals surface area contributed by atoms with Gasteiger partial charge in [0, 0.05) is 12.0 Å². The molecule has 18 heavy (non-hydrogen) atoms. The molecule has 0 spiro atoms. The van der Waals surface area contributed by atoms with Gasteiger partial charge in [0.25, 0.3) is 0 Å². The largest absolute Gasteiger partial charge is 0.469 e. The molecule has 1 heterocycles. The first-order valence-corrected chi connectivity index (χ1v) is 6.65. The molecule has 0 saturated carbocycles. The molecule has 1 atom stereocenters. The molecule has 0 saturated heterocycles. The van der Waals surface area contributed by atoms with Crippen molar-refractivity contribution < 1.29 is 9.52 Å². The maximum atomic E-state index is 10.5. The number of fused-ring (bicyclic) bond motifs is 1. The quantitative estimate of drug-likeness (QED) is 0.894. The van der Waals surface area contributed by atoms with Crippen LogP contribution in [0.15, 0.2) is 34.9 Å². The molecule has 2 nitrogen and oxygen atoms in total. The maximum absolute atomic E-state index is 10.5. The van der Waals surface area contributed by atoms with E-state index in [0.29, 0.717) is 0 Å². The van der Waals surface area contributed by atoms with Crippen molar-refractivity contribution in [2.75, 3.05) is 0 Å². The molecular weight excluding hydrogens is 224 g/mol. The summed E-state index contributed by atoms with van der Waals surface area (Å²) in [6.07, 6.45) is 5.46. The summed E-state index contributed by atoms with van der Waals surface area (Å²) >= 11 is 0. The molecule has 1 unspecified atom stereocenters. The number of rotatable bonds is 3. The van der Waals surface area contributed by atoms with Crippen molar-refractivity contribution >= 4 is 0 Å². The molecular formula is C16H18O2. The second kappa shape index (κ2) is 4.62. The van der Waals surface area contributed by atoms with E-state index in [-0.39, 0.29) is 0 Å². The lowest BCUT2D eigenvalue weighted by atomic mass is 9.98. The minimum atomic E-state index is -0.565. The second-order valence-electron chi connectivity index (χ2n) is 4.94. The van der Waals surface area contributed by atoms with Gasteiger partial charge in [0.1, 0.15) is 11.9 Å². The summed E-state index contributed by atoms with van der Waals surface area (Å²) in [6, 6.07) is 8.23. The zero-order valence-electron chi connectivity index (χ0n) is 10.6. The Labute approximate surface area is 107 Å². The highest BCUT2D eigenvalue weighted by Crippen LogP contribution is 2.30. The smallest absolute Gasteiger partial charge is 0.109 e. The summed E-state index contributed by atoms with van der Waals surface area (Å²) in [5.41, 5.74) is 4.71. The van der Waals surface area contributed by atoms with Gasteiger partial charge in [0.05, 0.1) is 6.26 Å². The molecule has 0 fully saturated rings. The zero-order chi connectivity index (χ0) is 12.5. The van der Waals surface area contributed by atoms with Gasteiger partial charge in [-0.15, -0.1) is 0 Å². The molecule has 2 aromatic rings. The number of hydrogen-bond donors (Lipinski definition) is 1. The van der Waals surface area contributed by atoms with E-state index in [1.165, 1.54) is 24.0 Å². The molecule has 0 bridgehead atoms. The van der Waals surface area contributed by atoms with Crippen molar-refractivity contribution in [3.05, 3.63) is 58.5 Å². The van der Waals surface area contributed by atoms with E-state index >= 15 is 0 Å². The first kappa shape index (κ1) is 11.5. The number of hydrogen-bond acceptors (Lipinski definition) is 2. The average Bonchev–Trinajstić information content (AvgIpc) is 3.05. The summed E-state index contributed by atoms with van der Waals surface area (Å²) in [7, 11) is 0. The lowest BCUT2D eigenvalue weighted by molar-refractivity contribution is 0.217. The fraction of sp³-hybridized carbons (Fsp3) is 0.375. The Morgan fingerprint density at radius 1 is 1.22 bits per heavy atom. The molecule has 1 aromatic heterocycles. The fourth-order valence-electron chi connectivity index (χ4n) is 2.82. The van der Waals surface area contributed by atoms with Crippen LogP contribution in [-0.4, -0.2) is 5.11 Å². The van der Waals surface area contributed by atoms with Gasteiger partial charge in [-0.05, 0) is 42.0 Å². The Morgan fingerprint density at radius 3 is 2.89 bits per heavy atom. The van der Waals surface area contributed by atoms with Crippen LogP contribution in [0.5, 0.6) is 0 Å². The van der Waals surface area contributed by atoms with Crippen molar-refractivity contribution in [1.29, 1.82) is 0 Å². The van der Waals surface area contributed by atoms with Crippen LogP contribution in [0, 0.1) is 0 Å². The molecule has 1 aliphatic carbocycles. The minimum absolute atomic E-state index is 0.565. The third-order valence-electron chi connectivity index (χ3n) is 3.83. The molecule has 0 aliphatic heterocycles. The number of aliphatic hydroxyl groups is 1. The van der Waals surface area contributed by atoms with E-state index in [2.05, 4.69) is 12.1 Å². The van der Waals surface area contributed by atoms with Crippen LogP contribution < -0.4 is 0 Å². The summed E-state index contributed by atoms with van der Waals surface area (Å²) in [5.74, 6) is 0.878. The first-order valence-electron chi connectivity index (χ1n) is 6.65. The van der Waals surface area contributed by atoms with Gasteiger partial charge in [-0.25, -0.2) is 0 Å². The highest BCUT2D eigenvalue weighted by atomic mass is 16.3. The minimum Gasteiger partial charge on any atom is -0.469 e. The molecule has 1 N–H and O–H groups in total. The van der Waals surface area contributed by atoms with Gasteiger partial charge >= 0.3 is 0 Å². The van der Waals surface area contributed by atoms with Crippen LogP contribution in [0.1, 0.15) is 47.5 Å². The zero-order valence-corrected chi connectivity index (χ0v) is 10.6. The summed E-state index contributed by atoms with van der Waals surface area (Å²) in [4.78, 5) is 0. The molecule has 94 valence electrons. The molecule has 2 heteroatoms. The molecule has 1 aliphatic rings. The Balaban J connectivity index is 1.95. The maximum Gasteiger partial charge on any atom is 0.109 e. The van der Waals surface area contributed by atoms with Gasteiger partial charge in [-0.2, -0.15) is 0 Å². The third-order valence-corrected chi connectivity index (χ3v) is 3.83. The van der Waals surface area contributed by atoms with E-state index < -0.39 is 6.10 Å². The van der Waals surface area contributed by atoms with E-state index in [4.69, 9.17) is 4.42 Å². The third kappa shape index (κ3) is 1.87. The summed E-state index contributed by atoms with van der Waals surface area (Å²) in [5, 5.41) is 10.5. The van der Waals surface area contributed by atoms with Gasteiger partial charge in [0.15, 0.2) is 0 Å². The van der Waals surface area contributed by atoms with E-state index in [0.717, 1.165) is 29.7 Å². The van der Waals surface area contributed by atoms with Crippen LogP contribution >= 0.6 is 0 Å². The van der Waals surface area contributed by atoms with Crippen molar-refractivity contribution in [3.63, 3.8) is 0 Å². The predicted molar refractivity (Wildman–Crippen MR) is 70.6 cm³/mol. The van der Waals surface area contributed by atoms with Crippen LogP contribution in [0.25, 0.3) is 0 Å². The van der Waals surface area contributed by atoms with Crippen molar-refractivity contribution in [2.45, 2.75) is 38.7 Å². The van der Waals surface area contributed by atoms with Crippen LogP contribution in [0.4, 0.5) is 0 Å². The highest BCUT2D eigenvalue weighted by Gasteiger charge is 2.18. The molecule has 1 aromatic carbocycles. The fourth-order valence-corrected chi connectivity index (χ4v) is 2.82. The number of aryl methyl sites for hydroxylation is 3. The number of benzene rings is 1. The second-order valence-corrected chi connectivity index (χ2v) is 4.94. The monoisotopic (exact) mass is 242 g/mol. The van der Waals surface area contributed by atoms with Crippen molar-refractivity contribution in [3.8, 4) is 0 Å². The average molecular weight is 242 g/mol. The van der Waals surface area contributed by atoms with Gasteiger partial charge in [-0.3, -0.25) is 0 Å². The SMILES string of the molecule is CCc1occc1C(O)c1ccc2c(c1)CCC2. The van der Waals surface area contributed by atoms with E-state index in [1.54, 1.807) is 6.26 Å². The Bertz CT molecular complexity index is 554. The van der Waals surface area contributed by atoms with Gasteiger partial charge in [-0.1, -0.05) is 25.1 Å². The number of aliphatic hydroxyl groups excluding tert-OH is 1. The summed E-state index contributed by atoms with van der Waals surface area (Å²) in [6.45, 7) is 2.04. The van der Waals surface area contributed by atoms with Crippen molar-refractivity contribution in [2.24, 2.45) is 0 Å². The molecule has 0 radical (unpaired) electrons. The molecule has 0 amide bonds. The highest BCUT2D eigenvalue weighted by molar-refractivity contribution is 5.39. The van der Waals surface area contributed by atoms with Gasteiger partial charge in [0.2, 0.25) is 0 Å². The van der Waals surface area contributed by atoms with Crippen LogP contribution in [0.2, 0.25) is 0 Å². The lowest BCUT2D eigenvalue weighted by Crippen LogP contribution is -2.02. The Morgan fingerprint density at radius 2 is 2.06 bits per heavy atom. The standard InChI is InChI=1S/C16H18O2/c1-2-15-14(8-9-18-15)16(17)13-7-6-11-4-3-5-12(11)10-13/h6-10,16-17H,2-5H2,1H3. The van der Waals surface area contributed by atoms with E-state index in [9.17, 15) is 5.11 Å². The first-order chi connectivity index (χ1) is 8.79. The van der Waals surface area contributed by atoms with Crippen molar-refractivity contribution in [1.82, 2.24) is 0 Å². The summed E-state index contributed by atoms with van der Waals surface area (Å²) < 4.78 is 5.39.